The molecule has 1 N–H and O–H groups in total. The van der Waals surface area contributed by atoms with Gasteiger partial charge in [-0.1, -0.05) is 12.1 Å². The lowest BCUT2D eigenvalue weighted by atomic mass is 10.1. The number of hydrogen-bond donors (Lipinski definition) is 1. The first kappa shape index (κ1) is 11.3. The molecule has 0 radical (unpaired) electrons. The molecule has 0 aliphatic rings. The van der Waals surface area contributed by atoms with Crippen LogP contribution in [0.25, 0.3) is 10.9 Å². The summed E-state index contributed by atoms with van der Waals surface area (Å²) in [6, 6.07) is 10.4. The van der Waals surface area contributed by atoms with E-state index in [2.05, 4.69) is 39.6 Å². The fourth-order valence-electron chi connectivity index (χ4n) is 1.89. The molecule has 2 aromatic heterocycles. The number of aromatic nitrogens is 2. The van der Waals surface area contributed by atoms with E-state index in [0.717, 1.165) is 23.6 Å². The Bertz CT molecular complexity index is 634. The molecule has 3 nitrogen and oxygen atoms in total. The molecule has 0 unspecified atom stereocenters. The molecule has 1 aromatic carbocycles. The van der Waals surface area contributed by atoms with Gasteiger partial charge in [-0.15, -0.1) is 11.3 Å². The third-order valence-electron chi connectivity index (χ3n) is 2.76. The van der Waals surface area contributed by atoms with E-state index in [-0.39, 0.29) is 0 Å². The van der Waals surface area contributed by atoms with Crippen molar-refractivity contribution in [2.24, 2.45) is 0 Å². The molecule has 0 aliphatic carbocycles. The Kier molecular flexibility index (Phi) is 3.30. The van der Waals surface area contributed by atoms with Gasteiger partial charge < -0.3 is 5.32 Å². The number of rotatable bonds is 4. The Labute approximate surface area is 110 Å². The molecule has 18 heavy (non-hydrogen) atoms. The van der Waals surface area contributed by atoms with Gasteiger partial charge in [-0.25, -0.2) is 4.98 Å². The molecule has 3 aromatic rings. The van der Waals surface area contributed by atoms with Crippen LogP contribution in [0, 0.1) is 0 Å². The largest absolute Gasteiger partial charge is 0.306 e. The summed E-state index contributed by atoms with van der Waals surface area (Å²) in [5, 5.41) is 7.70. The summed E-state index contributed by atoms with van der Waals surface area (Å²) in [4.78, 5) is 8.56. The SMILES string of the molecule is c1cnc2ccc(CNCc3nccs3)cc2c1. The molecular formula is C14H13N3S. The van der Waals surface area contributed by atoms with Gasteiger partial charge in [0, 0.05) is 36.2 Å². The summed E-state index contributed by atoms with van der Waals surface area (Å²) in [5.74, 6) is 0. The summed E-state index contributed by atoms with van der Waals surface area (Å²) in [5.41, 5.74) is 2.31. The quantitative estimate of drug-likeness (QED) is 0.779. The zero-order valence-corrected chi connectivity index (χ0v) is 10.7. The summed E-state index contributed by atoms with van der Waals surface area (Å²) in [6.07, 6.45) is 3.66. The Morgan fingerprint density at radius 1 is 1.06 bits per heavy atom. The molecule has 2 heterocycles. The van der Waals surface area contributed by atoms with Crippen molar-refractivity contribution in [1.29, 1.82) is 0 Å². The number of benzene rings is 1. The standard InChI is InChI=1S/C14H13N3S/c1-2-12-8-11(3-4-13(12)16-5-1)9-15-10-14-17-6-7-18-14/h1-8,15H,9-10H2. The third-order valence-corrected chi connectivity index (χ3v) is 3.54. The normalized spacial score (nSPS) is 10.9. The van der Waals surface area contributed by atoms with Gasteiger partial charge >= 0.3 is 0 Å². The maximum atomic E-state index is 4.31. The molecule has 3 rings (SSSR count). The molecule has 4 heteroatoms. The average Bonchev–Trinajstić information content (AvgIpc) is 2.92. The third kappa shape index (κ3) is 2.55. The van der Waals surface area contributed by atoms with Crippen molar-refractivity contribution in [3.8, 4) is 0 Å². The van der Waals surface area contributed by atoms with Crippen LogP contribution in [0.15, 0.2) is 48.1 Å². The minimum Gasteiger partial charge on any atom is -0.306 e. The van der Waals surface area contributed by atoms with Crippen molar-refractivity contribution in [3.63, 3.8) is 0 Å². The van der Waals surface area contributed by atoms with Crippen LogP contribution in [0.4, 0.5) is 0 Å². The fraction of sp³-hybridized carbons (Fsp3) is 0.143. The van der Waals surface area contributed by atoms with Crippen molar-refractivity contribution in [1.82, 2.24) is 15.3 Å². The van der Waals surface area contributed by atoms with Crippen molar-refractivity contribution in [2.75, 3.05) is 0 Å². The Hall–Kier alpha value is -1.78. The van der Waals surface area contributed by atoms with Gasteiger partial charge in [-0.2, -0.15) is 0 Å². The highest BCUT2D eigenvalue weighted by atomic mass is 32.1. The van der Waals surface area contributed by atoms with E-state index in [0.29, 0.717) is 0 Å². The lowest BCUT2D eigenvalue weighted by Gasteiger charge is -2.04. The average molecular weight is 255 g/mol. The smallest absolute Gasteiger partial charge is 0.106 e. The first-order valence-electron chi connectivity index (χ1n) is 5.84. The van der Waals surface area contributed by atoms with E-state index in [1.54, 1.807) is 11.3 Å². The Morgan fingerprint density at radius 3 is 2.94 bits per heavy atom. The van der Waals surface area contributed by atoms with Crippen molar-refractivity contribution in [3.05, 3.63) is 58.7 Å². The van der Waals surface area contributed by atoms with Crippen LogP contribution in [0.2, 0.25) is 0 Å². The van der Waals surface area contributed by atoms with E-state index < -0.39 is 0 Å². The predicted octanol–water partition coefficient (Wildman–Crippen LogP) is 2.98. The molecule has 90 valence electrons. The summed E-state index contributed by atoms with van der Waals surface area (Å²) >= 11 is 1.68. The summed E-state index contributed by atoms with van der Waals surface area (Å²) in [6.45, 7) is 1.67. The first-order chi connectivity index (χ1) is 8.92. The predicted molar refractivity (Wildman–Crippen MR) is 74.4 cm³/mol. The van der Waals surface area contributed by atoms with Crippen LogP contribution >= 0.6 is 11.3 Å². The van der Waals surface area contributed by atoms with Crippen molar-refractivity contribution in [2.45, 2.75) is 13.1 Å². The topological polar surface area (TPSA) is 37.8 Å². The van der Waals surface area contributed by atoms with Crippen LogP contribution < -0.4 is 5.32 Å². The first-order valence-corrected chi connectivity index (χ1v) is 6.72. The maximum Gasteiger partial charge on any atom is 0.106 e. The minimum absolute atomic E-state index is 0.822. The fourth-order valence-corrected chi connectivity index (χ4v) is 2.47. The molecular weight excluding hydrogens is 242 g/mol. The summed E-state index contributed by atoms with van der Waals surface area (Å²) in [7, 11) is 0. The minimum atomic E-state index is 0.822. The Morgan fingerprint density at radius 2 is 2.06 bits per heavy atom. The van der Waals surface area contributed by atoms with Crippen molar-refractivity contribution >= 4 is 22.2 Å². The lowest BCUT2D eigenvalue weighted by molar-refractivity contribution is 0.690. The molecule has 0 spiro atoms. The van der Waals surface area contributed by atoms with Gasteiger partial charge in [0.25, 0.3) is 0 Å². The maximum absolute atomic E-state index is 4.31. The van der Waals surface area contributed by atoms with Crippen molar-refractivity contribution < 1.29 is 0 Å². The van der Waals surface area contributed by atoms with Gasteiger partial charge in [0.05, 0.1) is 5.52 Å². The number of nitrogens with one attached hydrogen (secondary N) is 1. The molecule has 0 aliphatic heterocycles. The van der Waals surface area contributed by atoms with Gasteiger partial charge in [0.2, 0.25) is 0 Å². The molecule has 0 amide bonds. The number of nitrogens with zero attached hydrogens (tertiary/aromatic N) is 2. The zero-order valence-electron chi connectivity index (χ0n) is 9.84. The van der Waals surface area contributed by atoms with E-state index >= 15 is 0 Å². The highest BCUT2D eigenvalue weighted by Gasteiger charge is 1.98. The summed E-state index contributed by atoms with van der Waals surface area (Å²) < 4.78 is 0. The van der Waals surface area contributed by atoms with Gasteiger partial charge in [-0.3, -0.25) is 4.98 Å². The molecule has 0 fully saturated rings. The van der Waals surface area contributed by atoms with Crippen LogP contribution in [0.3, 0.4) is 0 Å². The monoisotopic (exact) mass is 255 g/mol. The second-order valence-corrected chi connectivity index (χ2v) is 5.04. The molecule has 0 saturated carbocycles. The van der Waals surface area contributed by atoms with E-state index in [1.165, 1.54) is 10.9 Å². The zero-order chi connectivity index (χ0) is 12.2. The van der Waals surface area contributed by atoms with Gasteiger partial charge in [0.1, 0.15) is 5.01 Å². The number of hydrogen-bond acceptors (Lipinski definition) is 4. The Balaban J connectivity index is 1.67. The van der Waals surface area contributed by atoms with Crippen LogP contribution in [-0.2, 0) is 13.1 Å². The van der Waals surface area contributed by atoms with Crippen LogP contribution in [-0.4, -0.2) is 9.97 Å². The molecule has 0 saturated heterocycles. The molecule has 0 atom stereocenters. The van der Waals surface area contributed by atoms with E-state index in [4.69, 9.17) is 0 Å². The second kappa shape index (κ2) is 5.25. The van der Waals surface area contributed by atoms with E-state index in [9.17, 15) is 0 Å². The van der Waals surface area contributed by atoms with Crippen LogP contribution in [0.1, 0.15) is 10.6 Å². The van der Waals surface area contributed by atoms with Gasteiger partial charge in [0.15, 0.2) is 0 Å². The van der Waals surface area contributed by atoms with E-state index in [1.807, 2.05) is 23.8 Å². The van der Waals surface area contributed by atoms with Crippen LogP contribution in [0.5, 0.6) is 0 Å². The number of fused-ring (bicyclic) bond motifs is 1. The lowest BCUT2D eigenvalue weighted by Crippen LogP contribution is -2.12. The molecule has 0 bridgehead atoms. The highest BCUT2D eigenvalue weighted by Crippen LogP contribution is 2.13. The second-order valence-electron chi connectivity index (χ2n) is 4.06. The van der Waals surface area contributed by atoms with Gasteiger partial charge in [-0.05, 0) is 23.8 Å². The highest BCUT2D eigenvalue weighted by molar-refractivity contribution is 7.09. The number of thiazole rings is 1. The number of pyridine rings is 1.